The Bertz CT molecular complexity index is 940. The van der Waals surface area contributed by atoms with Crippen LogP contribution >= 0.6 is 0 Å². The molecular weight excluding hydrogens is 350 g/mol. The third kappa shape index (κ3) is 4.14. The number of hydrogen-bond acceptors (Lipinski definition) is 4. The van der Waals surface area contributed by atoms with Crippen molar-refractivity contribution in [1.82, 2.24) is 20.1 Å². The molecule has 2 heterocycles. The fourth-order valence-electron chi connectivity index (χ4n) is 2.97. The van der Waals surface area contributed by atoms with Crippen LogP contribution in [0.5, 0.6) is 5.88 Å². The van der Waals surface area contributed by atoms with Gasteiger partial charge in [0.15, 0.2) is 5.82 Å². The zero-order chi connectivity index (χ0) is 19.4. The number of ether oxygens (including phenoxy) is 1. The molecule has 3 aromatic rings. The van der Waals surface area contributed by atoms with Crippen LogP contribution in [0.15, 0.2) is 36.5 Å². The first-order valence-corrected chi connectivity index (χ1v) is 8.79. The molecule has 0 aliphatic heterocycles. The average Bonchev–Trinajstić information content (AvgIpc) is 2.91. The van der Waals surface area contributed by atoms with Crippen LogP contribution in [0.2, 0.25) is 0 Å². The molecule has 0 saturated carbocycles. The molecule has 0 atom stereocenters. The number of hydrogen-bond donors (Lipinski definition) is 1. The lowest BCUT2D eigenvalue weighted by atomic mass is 10.2. The van der Waals surface area contributed by atoms with Gasteiger partial charge in [-0.3, -0.25) is 0 Å². The van der Waals surface area contributed by atoms with Gasteiger partial charge in [-0.25, -0.2) is 18.4 Å². The Morgan fingerprint density at radius 2 is 1.96 bits per heavy atom. The molecule has 0 radical (unpaired) electrons. The van der Waals surface area contributed by atoms with E-state index in [1.165, 1.54) is 16.8 Å². The first-order valence-electron chi connectivity index (χ1n) is 8.79. The molecule has 7 heteroatoms. The normalized spacial score (nSPS) is 11.0. The molecular formula is C20H22F2N4O. The maximum Gasteiger partial charge on any atom is 0.217 e. The lowest BCUT2D eigenvalue weighted by molar-refractivity contribution is 0.322. The molecule has 0 saturated heterocycles. The minimum Gasteiger partial charge on any atom is -0.478 e. The Labute approximate surface area is 157 Å². The molecule has 27 heavy (non-hydrogen) atoms. The van der Waals surface area contributed by atoms with E-state index < -0.39 is 11.6 Å². The van der Waals surface area contributed by atoms with Crippen molar-refractivity contribution in [2.24, 2.45) is 0 Å². The zero-order valence-corrected chi connectivity index (χ0v) is 15.6. The van der Waals surface area contributed by atoms with Crippen molar-refractivity contribution < 1.29 is 13.5 Å². The summed E-state index contributed by atoms with van der Waals surface area (Å²) in [5, 5.41) is 7.78. The molecule has 5 nitrogen and oxygen atoms in total. The summed E-state index contributed by atoms with van der Waals surface area (Å²) in [7, 11) is 0. The number of nitrogens with one attached hydrogen (secondary N) is 1. The molecule has 0 unspecified atom stereocenters. The summed E-state index contributed by atoms with van der Waals surface area (Å²) in [6.45, 7) is 7.35. The van der Waals surface area contributed by atoms with E-state index in [9.17, 15) is 8.78 Å². The molecule has 142 valence electrons. The molecule has 3 rings (SSSR count). The first kappa shape index (κ1) is 19.0. The van der Waals surface area contributed by atoms with Crippen molar-refractivity contribution in [2.75, 3.05) is 6.61 Å². The number of nitrogens with zero attached hydrogens (tertiary/aromatic N) is 3. The van der Waals surface area contributed by atoms with Gasteiger partial charge in [0.2, 0.25) is 5.88 Å². The van der Waals surface area contributed by atoms with Gasteiger partial charge in [-0.15, -0.1) is 0 Å². The fourth-order valence-corrected chi connectivity index (χ4v) is 2.97. The van der Waals surface area contributed by atoms with E-state index in [1.54, 1.807) is 6.20 Å². The number of aryl methyl sites for hydroxylation is 1. The van der Waals surface area contributed by atoms with Crippen molar-refractivity contribution in [3.63, 3.8) is 0 Å². The SMILES string of the molecule is CCOc1ncccc1CNCc1c(C)nn(-c2ccc(F)cc2F)c1C. The predicted molar refractivity (Wildman–Crippen MR) is 98.9 cm³/mol. The molecule has 1 aromatic carbocycles. The second-order valence-corrected chi connectivity index (χ2v) is 6.16. The number of aromatic nitrogens is 3. The summed E-state index contributed by atoms with van der Waals surface area (Å²) in [5.41, 5.74) is 3.77. The predicted octanol–water partition coefficient (Wildman–Crippen LogP) is 3.85. The maximum absolute atomic E-state index is 14.1. The molecule has 0 amide bonds. The van der Waals surface area contributed by atoms with E-state index in [-0.39, 0.29) is 5.69 Å². The largest absolute Gasteiger partial charge is 0.478 e. The molecule has 0 aliphatic carbocycles. The smallest absolute Gasteiger partial charge is 0.217 e. The molecule has 1 N–H and O–H groups in total. The van der Waals surface area contributed by atoms with Crippen LogP contribution in [0.4, 0.5) is 8.78 Å². The van der Waals surface area contributed by atoms with Crippen molar-refractivity contribution in [2.45, 2.75) is 33.9 Å². The topological polar surface area (TPSA) is 52.0 Å². The summed E-state index contributed by atoms with van der Waals surface area (Å²) in [4.78, 5) is 4.24. The molecule has 0 bridgehead atoms. The minimum atomic E-state index is -0.642. The van der Waals surface area contributed by atoms with Crippen molar-refractivity contribution >= 4 is 0 Å². The molecule has 0 spiro atoms. The van der Waals surface area contributed by atoms with Crippen LogP contribution < -0.4 is 10.1 Å². The van der Waals surface area contributed by atoms with Crippen LogP contribution in [-0.2, 0) is 13.1 Å². The number of rotatable bonds is 7. The van der Waals surface area contributed by atoms with Crippen molar-refractivity contribution in [3.8, 4) is 11.6 Å². The standard InChI is InChI=1S/C20H22F2N4O/c1-4-27-20-15(6-5-9-24-20)11-23-12-17-13(2)25-26(14(17)3)19-8-7-16(21)10-18(19)22/h5-10,23H,4,11-12H2,1-3H3. The lowest BCUT2D eigenvalue weighted by Crippen LogP contribution is -2.15. The van der Waals surface area contributed by atoms with Crippen molar-refractivity contribution in [3.05, 3.63) is 70.7 Å². The quantitative estimate of drug-likeness (QED) is 0.684. The lowest BCUT2D eigenvalue weighted by Gasteiger charge is -2.10. The second kappa shape index (κ2) is 8.26. The monoisotopic (exact) mass is 372 g/mol. The molecule has 0 aliphatic rings. The van der Waals surface area contributed by atoms with E-state index >= 15 is 0 Å². The summed E-state index contributed by atoms with van der Waals surface area (Å²) in [5.74, 6) is -0.636. The Hall–Kier alpha value is -2.80. The van der Waals surface area contributed by atoms with Gasteiger partial charge < -0.3 is 10.1 Å². The Morgan fingerprint density at radius 3 is 2.70 bits per heavy atom. The van der Waals surface area contributed by atoms with Crippen LogP contribution in [0, 0.1) is 25.5 Å². The Kier molecular flexibility index (Phi) is 5.81. The van der Waals surface area contributed by atoms with Crippen molar-refractivity contribution in [1.29, 1.82) is 0 Å². The summed E-state index contributed by atoms with van der Waals surface area (Å²) in [6.07, 6.45) is 1.70. The highest BCUT2D eigenvalue weighted by molar-refractivity contribution is 5.38. The van der Waals surface area contributed by atoms with Crippen LogP contribution in [0.25, 0.3) is 5.69 Å². The highest BCUT2D eigenvalue weighted by atomic mass is 19.1. The van der Waals surface area contributed by atoms with Gasteiger partial charge in [0, 0.05) is 42.2 Å². The Morgan fingerprint density at radius 1 is 1.15 bits per heavy atom. The van der Waals surface area contributed by atoms with Gasteiger partial charge in [-0.2, -0.15) is 5.10 Å². The Balaban J connectivity index is 1.76. The highest BCUT2D eigenvalue weighted by Gasteiger charge is 2.16. The third-order valence-corrected chi connectivity index (χ3v) is 4.33. The average molecular weight is 372 g/mol. The fraction of sp³-hybridized carbons (Fsp3) is 0.300. The van der Waals surface area contributed by atoms with E-state index in [2.05, 4.69) is 15.4 Å². The second-order valence-electron chi connectivity index (χ2n) is 6.16. The van der Waals surface area contributed by atoms with E-state index in [4.69, 9.17) is 4.74 Å². The van der Waals surface area contributed by atoms with E-state index in [1.807, 2.05) is 32.9 Å². The van der Waals surface area contributed by atoms with Gasteiger partial charge in [0.05, 0.1) is 12.3 Å². The van der Waals surface area contributed by atoms with E-state index in [0.717, 1.165) is 28.6 Å². The third-order valence-electron chi connectivity index (χ3n) is 4.33. The van der Waals surface area contributed by atoms with Gasteiger partial charge in [0.25, 0.3) is 0 Å². The van der Waals surface area contributed by atoms with Gasteiger partial charge in [-0.1, -0.05) is 6.07 Å². The summed E-state index contributed by atoms with van der Waals surface area (Å²) < 4.78 is 34.3. The van der Waals surface area contributed by atoms with Crippen LogP contribution in [0.1, 0.15) is 29.4 Å². The van der Waals surface area contributed by atoms with E-state index in [0.29, 0.717) is 25.6 Å². The molecule has 2 aromatic heterocycles. The van der Waals surface area contributed by atoms with Gasteiger partial charge in [0.1, 0.15) is 11.5 Å². The summed E-state index contributed by atoms with van der Waals surface area (Å²) in [6, 6.07) is 7.31. The highest BCUT2D eigenvalue weighted by Crippen LogP contribution is 2.21. The van der Waals surface area contributed by atoms with Gasteiger partial charge in [-0.05, 0) is 39.0 Å². The van der Waals surface area contributed by atoms with Crippen LogP contribution in [0.3, 0.4) is 0 Å². The minimum absolute atomic E-state index is 0.231. The maximum atomic E-state index is 14.1. The number of benzene rings is 1. The summed E-state index contributed by atoms with van der Waals surface area (Å²) >= 11 is 0. The van der Waals surface area contributed by atoms with Crippen LogP contribution in [-0.4, -0.2) is 21.4 Å². The van der Waals surface area contributed by atoms with Gasteiger partial charge >= 0.3 is 0 Å². The number of halogens is 2. The first-order chi connectivity index (χ1) is 13.0. The number of pyridine rings is 1. The zero-order valence-electron chi connectivity index (χ0n) is 15.6. The molecule has 0 fully saturated rings.